The van der Waals surface area contributed by atoms with Gasteiger partial charge in [-0.1, -0.05) is 6.42 Å². The van der Waals surface area contributed by atoms with Gasteiger partial charge in [-0.25, -0.2) is 9.97 Å². The number of anilines is 1. The molecule has 1 aliphatic heterocycles. The van der Waals surface area contributed by atoms with Gasteiger partial charge in [0.05, 0.1) is 5.39 Å². The Morgan fingerprint density at radius 2 is 2.10 bits per heavy atom. The molecule has 1 saturated heterocycles. The first kappa shape index (κ1) is 12.1. The van der Waals surface area contributed by atoms with Crippen LogP contribution in [0.3, 0.4) is 0 Å². The quantitative estimate of drug-likeness (QED) is 0.910. The van der Waals surface area contributed by atoms with Crippen molar-refractivity contribution in [3.8, 4) is 0 Å². The van der Waals surface area contributed by atoms with E-state index in [1.165, 1.54) is 32.1 Å². The van der Waals surface area contributed by atoms with E-state index in [4.69, 9.17) is 0 Å². The highest BCUT2D eigenvalue weighted by Gasteiger charge is 2.36. The molecular weight excluding hydrogens is 252 g/mol. The molecule has 2 aliphatic rings. The van der Waals surface area contributed by atoms with Crippen LogP contribution in [0.1, 0.15) is 32.1 Å². The third-order valence-electron chi connectivity index (χ3n) is 4.95. The van der Waals surface area contributed by atoms with Crippen LogP contribution in [0.5, 0.6) is 0 Å². The third kappa shape index (κ3) is 1.73. The zero-order chi connectivity index (χ0) is 13.5. The van der Waals surface area contributed by atoms with Crippen LogP contribution < -0.4 is 4.90 Å². The maximum absolute atomic E-state index is 9.36. The average Bonchev–Trinajstić information content (AvgIpc) is 3.12. The second kappa shape index (κ2) is 4.74. The minimum atomic E-state index is -0.0357. The first-order valence-corrected chi connectivity index (χ1v) is 7.56. The fourth-order valence-corrected chi connectivity index (χ4v) is 4.05. The number of nitrogens with zero attached hydrogens (tertiary/aromatic N) is 4. The van der Waals surface area contributed by atoms with E-state index >= 15 is 0 Å². The van der Waals surface area contributed by atoms with E-state index in [0.29, 0.717) is 6.04 Å². The van der Waals surface area contributed by atoms with Gasteiger partial charge in [0.15, 0.2) is 0 Å². The van der Waals surface area contributed by atoms with E-state index < -0.39 is 0 Å². The molecule has 0 radical (unpaired) electrons. The summed E-state index contributed by atoms with van der Waals surface area (Å²) in [4.78, 5) is 11.4. The van der Waals surface area contributed by atoms with Gasteiger partial charge in [0.25, 0.3) is 0 Å². The molecule has 1 aliphatic carbocycles. The number of piperidine rings is 1. The van der Waals surface area contributed by atoms with E-state index in [0.717, 1.165) is 29.3 Å². The Kier molecular flexibility index (Phi) is 2.88. The molecule has 5 nitrogen and oxygen atoms in total. The molecule has 0 bridgehead atoms. The molecule has 1 saturated carbocycles. The molecule has 2 atom stereocenters. The largest absolute Gasteiger partial charge is 0.376 e. The van der Waals surface area contributed by atoms with Gasteiger partial charge in [-0.3, -0.25) is 0 Å². The van der Waals surface area contributed by atoms with Crippen molar-refractivity contribution in [2.45, 2.75) is 44.9 Å². The van der Waals surface area contributed by atoms with E-state index in [9.17, 15) is 5.11 Å². The molecule has 2 aromatic rings. The lowest BCUT2D eigenvalue weighted by atomic mass is 9.92. The monoisotopic (exact) mass is 272 g/mol. The normalized spacial score (nSPS) is 26.1. The summed E-state index contributed by atoms with van der Waals surface area (Å²) in [6, 6.07) is 2.68. The number of fused-ring (bicyclic) bond motifs is 2. The smallest absolute Gasteiger partial charge is 0.147 e. The van der Waals surface area contributed by atoms with Gasteiger partial charge in [0.2, 0.25) is 0 Å². The van der Waals surface area contributed by atoms with E-state index in [2.05, 4.69) is 14.9 Å². The summed E-state index contributed by atoms with van der Waals surface area (Å²) in [5, 5.41) is 10.4. The number of hydrogen-bond acceptors (Lipinski definition) is 4. The van der Waals surface area contributed by atoms with Crippen molar-refractivity contribution >= 4 is 16.9 Å². The molecule has 2 fully saturated rings. The Morgan fingerprint density at radius 1 is 1.20 bits per heavy atom. The summed E-state index contributed by atoms with van der Waals surface area (Å²) in [5.74, 6) is 1.90. The molecule has 4 rings (SSSR count). The van der Waals surface area contributed by atoms with E-state index in [1.54, 1.807) is 10.9 Å². The van der Waals surface area contributed by atoms with Crippen molar-refractivity contribution in [2.24, 2.45) is 5.92 Å². The van der Waals surface area contributed by atoms with Crippen LogP contribution in [0.4, 0.5) is 5.82 Å². The van der Waals surface area contributed by atoms with Gasteiger partial charge in [-0.2, -0.15) is 0 Å². The molecule has 2 unspecified atom stereocenters. The van der Waals surface area contributed by atoms with Gasteiger partial charge < -0.3 is 14.6 Å². The lowest BCUT2D eigenvalue weighted by molar-refractivity contribution is 0.215. The molecular formula is C15H20N4O. The van der Waals surface area contributed by atoms with Crippen molar-refractivity contribution in [3.05, 3.63) is 18.6 Å². The topological polar surface area (TPSA) is 54.2 Å². The number of rotatable bonds is 2. The molecule has 0 aromatic carbocycles. The number of aliphatic hydroxyl groups excluding tert-OH is 1. The van der Waals surface area contributed by atoms with E-state index in [-0.39, 0.29) is 6.73 Å². The highest BCUT2D eigenvalue weighted by molar-refractivity contribution is 5.88. The standard InChI is InChI=1S/C15H20N4O/c20-10-18-8-6-12-14(18)16-9-17-15(12)19-7-2-4-11-3-1-5-13(11)19/h6,8-9,11,13,20H,1-5,7,10H2. The highest BCUT2D eigenvalue weighted by atomic mass is 16.3. The number of hydrogen-bond donors (Lipinski definition) is 1. The van der Waals surface area contributed by atoms with Crippen molar-refractivity contribution < 1.29 is 5.11 Å². The van der Waals surface area contributed by atoms with Crippen LogP contribution in [-0.4, -0.2) is 32.2 Å². The zero-order valence-electron chi connectivity index (χ0n) is 11.6. The summed E-state index contributed by atoms with van der Waals surface area (Å²) in [6.45, 7) is 1.06. The second-order valence-electron chi connectivity index (χ2n) is 5.96. The molecule has 20 heavy (non-hydrogen) atoms. The van der Waals surface area contributed by atoms with Crippen molar-refractivity contribution in [2.75, 3.05) is 11.4 Å². The Morgan fingerprint density at radius 3 is 3.00 bits per heavy atom. The van der Waals surface area contributed by atoms with Gasteiger partial charge in [-0.05, 0) is 37.7 Å². The van der Waals surface area contributed by atoms with Crippen LogP contribution in [0.2, 0.25) is 0 Å². The SMILES string of the molecule is OCn1ccc2c(N3CCCC4CCCC43)ncnc21. The van der Waals surface area contributed by atoms with Crippen molar-refractivity contribution in [1.29, 1.82) is 0 Å². The van der Waals surface area contributed by atoms with Crippen LogP contribution in [0, 0.1) is 5.92 Å². The van der Waals surface area contributed by atoms with Gasteiger partial charge in [0, 0.05) is 18.8 Å². The fraction of sp³-hybridized carbons (Fsp3) is 0.600. The van der Waals surface area contributed by atoms with Gasteiger partial charge in [0.1, 0.15) is 24.5 Å². The third-order valence-corrected chi connectivity index (χ3v) is 4.95. The molecule has 0 amide bonds. The molecule has 0 spiro atoms. The summed E-state index contributed by atoms with van der Waals surface area (Å²) < 4.78 is 1.76. The van der Waals surface area contributed by atoms with Crippen LogP contribution in [0.25, 0.3) is 11.0 Å². The predicted octanol–water partition coefficient (Wildman–Crippen LogP) is 2.15. The molecule has 1 N–H and O–H groups in total. The predicted molar refractivity (Wildman–Crippen MR) is 77.5 cm³/mol. The minimum absolute atomic E-state index is 0.0357. The Bertz CT molecular complexity index is 623. The summed E-state index contributed by atoms with van der Waals surface area (Å²) >= 11 is 0. The summed E-state index contributed by atoms with van der Waals surface area (Å²) in [7, 11) is 0. The van der Waals surface area contributed by atoms with Crippen molar-refractivity contribution in [3.63, 3.8) is 0 Å². The maximum Gasteiger partial charge on any atom is 0.147 e. The molecule has 5 heteroatoms. The second-order valence-corrected chi connectivity index (χ2v) is 5.96. The molecule has 2 aromatic heterocycles. The van der Waals surface area contributed by atoms with Gasteiger partial charge in [-0.15, -0.1) is 0 Å². The first-order valence-electron chi connectivity index (χ1n) is 7.56. The maximum atomic E-state index is 9.36. The first-order chi connectivity index (χ1) is 9.88. The van der Waals surface area contributed by atoms with Crippen LogP contribution in [-0.2, 0) is 6.73 Å². The summed E-state index contributed by atoms with van der Waals surface area (Å²) in [5.41, 5.74) is 0.831. The van der Waals surface area contributed by atoms with Crippen molar-refractivity contribution in [1.82, 2.24) is 14.5 Å². The Hall–Kier alpha value is -1.62. The highest BCUT2D eigenvalue weighted by Crippen LogP contribution is 2.40. The van der Waals surface area contributed by atoms with Gasteiger partial charge >= 0.3 is 0 Å². The minimum Gasteiger partial charge on any atom is -0.376 e. The zero-order valence-corrected chi connectivity index (χ0v) is 11.6. The molecule has 3 heterocycles. The molecule has 106 valence electrons. The number of aromatic nitrogens is 3. The Balaban J connectivity index is 1.79. The Labute approximate surface area is 118 Å². The number of aliphatic hydroxyl groups is 1. The van der Waals surface area contributed by atoms with Crippen LogP contribution in [0.15, 0.2) is 18.6 Å². The summed E-state index contributed by atoms with van der Waals surface area (Å²) in [6.07, 6.45) is 10.1. The lowest BCUT2D eigenvalue weighted by Gasteiger charge is -2.38. The van der Waals surface area contributed by atoms with Crippen LogP contribution >= 0.6 is 0 Å². The lowest BCUT2D eigenvalue weighted by Crippen LogP contribution is -2.43. The van der Waals surface area contributed by atoms with E-state index in [1.807, 2.05) is 12.3 Å². The fourth-order valence-electron chi connectivity index (χ4n) is 4.05. The average molecular weight is 272 g/mol.